The van der Waals surface area contributed by atoms with Crippen molar-refractivity contribution in [3.05, 3.63) is 459 Å². The summed E-state index contributed by atoms with van der Waals surface area (Å²) in [5, 5.41) is 3.74. The molecule has 22 rings (SSSR count). The van der Waals surface area contributed by atoms with Crippen molar-refractivity contribution in [2.24, 2.45) is 0 Å². The number of rotatable bonds is 14. The molecule has 2 heterocycles. The zero-order chi connectivity index (χ0) is 93.8. The van der Waals surface area contributed by atoms with Gasteiger partial charge in [0.1, 0.15) is 0 Å². The molecule has 118 heavy (non-hydrogen) atoms. The molecule has 18 aromatic carbocycles. The van der Waals surface area contributed by atoms with Crippen molar-refractivity contribution in [2.75, 3.05) is 9.80 Å². The highest BCUT2D eigenvalue weighted by atomic mass is 15.1. The van der Waals surface area contributed by atoms with Gasteiger partial charge in [-0.05, 0) is 245 Å². The molecule has 2 aliphatic carbocycles. The maximum absolute atomic E-state index is 9.81. The summed E-state index contributed by atoms with van der Waals surface area (Å²) >= 11 is 0. The van der Waals surface area contributed by atoms with Gasteiger partial charge in [0.2, 0.25) is 0 Å². The van der Waals surface area contributed by atoms with Gasteiger partial charge in [0.05, 0.1) is 45.4 Å². The quantitative estimate of drug-likeness (QED) is 0.108. The second-order valence-corrected chi connectivity index (χ2v) is 31.1. The average Bonchev–Trinajstić information content (AvgIpc) is 1.51. The summed E-state index contributed by atoms with van der Waals surface area (Å²) in [4.78, 5) is 3.14. The molecule has 0 aliphatic heterocycles. The van der Waals surface area contributed by atoms with E-state index in [-0.39, 0.29) is 57.8 Å². The van der Waals surface area contributed by atoms with Crippen molar-refractivity contribution < 1.29 is 23.3 Å². The third-order valence-corrected chi connectivity index (χ3v) is 23.5. The monoisotopic (exact) mass is 1530 g/mol. The fourth-order valence-corrected chi connectivity index (χ4v) is 17.6. The fourth-order valence-electron chi connectivity index (χ4n) is 17.6. The van der Waals surface area contributed by atoms with Crippen LogP contribution < -0.4 is 9.80 Å². The minimum atomic E-state index is -0.742. The first kappa shape index (κ1) is 54.8. The Labute approximate surface area is 713 Å². The summed E-state index contributed by atoms with van der Waals surface area (Å²) in [6, 6.07) is 103. The Bertz CT molecular complexity index is 8230. The van der Waals surface area contributed by atoms with Gasteiger partial charge in [-0.2, -0.15) is 0 Å². The van der Waals surface area contributed by atoms with E-state index in [1.807, 2.05) is 189 Å². The number of hydrogen-bond donors (Lipinski definition) is 0. The van der Waals surface area contributed by atoms with Crippen molar-refractivity contribution >= 4 is 77.7 Å². The Morgan fingerprint density at radius 3 is 1.05 bits per heavy atom. The molecule has 4 heteroatoms. The van der Waals surface area contributed by atoms with Gasteiger partial charge in [-0.15, -0.1) is 0 Å². The number of hydrogen-bond acceptors (Lipinski definition) is 2. The first-order valence-corrected chi connectivity index (χ1v) is 39.6. The zero-order valence-electron chi connectivity index (χ0n) is 82.0. The van der Waals surface area contributed by atoms with E-state index in [2.05, 4.69) is 169 Å². The van der Waals surface area contributed by atoms with E-state index in [1.165, 1.54) is 16.0 Å². The molecule has 0 atom stereocenters. The van der Waals surface area contributed by atoms with Crippen LogP contribution in [0.5, 0.6) is 0 Å². The number of fused-ring (bicyclic) bond motifs is 12. The van der Waals surface area contributed by atoms with Crippen LogP contribution in [0.2, 0.25) is 0 Å². The molecule has 0 bridgehead atoms. The third kappa shape index (κ3) is 12.5. The molecule has 0 saturated heterocycles. The topological polar surface area (TPSA) is 16.3 Å². The smallest absolute Gasteiger partial charge is 0.0651 e. The number of aromatic nitrogens is 2. The van der Waals surface area contributed by atoms with Gasteiger partial charge in [-0.1, -0.05) is 331 Å². The molecule has 0 radical (unpaired) electrons. The lowest BCUT2D eigenvalue weighted by Crippen LogP contribution is -2.16. The molecule has 2 aliphatic rings. The molecule has 560 valence electrons. The highest BCUT2D eigenvalue weighted by molar-refractivity contribution is 6.12. The Kier molecular flexibility index (Phi) is 13.6. The van der Waals surface area contributed by atoms with E-state index in [9.17, 15) is 13.7 Å². The predicted molar refractivity (Wildman–Crippen MR) is 499 cm³/mol. The van der Waals surface area contributed by atoms with Crippen molar-refractivity contribution in [1.29, 1.82) is 0 Å². The van der Waals surface area contributed by atoms with Gasteiger partial charge in [0.25, 0.3) is 0 Å². The van der Waals surface area contributed by atoms with E-state index in [0.29, 0.717) is 11.1 Å². The normalized spacial score (nSPS) is 14.7. The molecule has 0 amide bonds. The van der Waals surface area contributed by atoms with Crippen molar-refractivity contribution in [3.8, 4) is 100 Å². The maximum atomic E-state index is 9.81. The molecular formula is C114H84N4. The van der Waals surface area contributed by atoms with Crippen molar-refractivity contribution in [3.63, 3.8) is 0 Å². The summed E-state index contributed by atoms with van der Waals surface area (Å²) in [6.07, 6.45) is 0. The van der Waals surface area contributed by atoms with Crippen LogP contribution in [-0.4, -0.2) is 9.13 Å². The lowest BCUT2D eigenvalue weighted by molar-refractivity contribution is 0.660. The molecule has 0 unspecified atom stereocenters. The van der Waals surface area contributed by atoms with E-state index >= 15 is 0 Å². The minimum Gasteiger partial charge on any atom is -0.310 e. The van der Waals surface area contributed by atoms with Crippen LogP contribution in [0.15, 0.2) is 436 Å². The SMILES string of the molecule is [2H]c1c([2H])c(N(c2cccc(-c3ccccc3)c2)c2ccc3c(c2)C(C)(C)c2ccccc2-3)c([2H])c([2H])c1-c1ccc2c(c1)c1ccccc1n2-c1ccc(-c2ccccc2)cc1.[2H]c1c([2H])c([2H])c(-c2c([2H])c([2H])c([2H])c(N(c3ccc4c(c3)C(C)(C)c3ccccc3-4)c3c([2H])c([2H])c(-c4ccc5c(c4)c4ccccc4n5-c4ccc(-c5ccccc5)cc4)c([2H])c3[2H])c2[2H])c([2H])c1[2H]. The van der Waals surface area contributed by atoms with E-state index in [0.717, 1.165) is 133 Å². The molecule has 0 spiro atoms. The second kappa shape index (κ2) is 29.2. The summed E-state index contributed by atoms with van der Waals surface area (Å²) in [5.74, 6) is 0. The molecule has 4 nitrogen and oxygen atoms in total. The molecule has 0 saturated carbocycles. The molecule has 0 fully saturated rings. The summed E-state index contributed by atoms with van der Waals surface area (Å²) in [6.45, 7) is 8.57. The number of benzene rings is 18. The first-order chi connectivity index (χ1) is 65.1. The largest absolute Gasteiger partial charge is 0.310 e. The third-order valence-electron chi connectivity index (χ3n) is 23.5. The van der Waals surface area contributed by atoms with Crippen LogP contribution >= 0.6 is 0 Å². The van der Waals surface area contributed by atoms with E-state index in [1.54, 1.807) is 18.2 Å². The van der Waals surface area contributed by atoms with Crippen LogP contribution in [0.25, 0.3) is 144 Å². The Morgan fingerprint density at radius 1 is 0.212 bits per heavy atom. The van der Waals surface area contributed by atoms with Gasteiger partial charge in [0.15, 0.2) is 0 Å². The van der Waals surface area contributed by atoms with Gasteiger partial charge < -0.3 is 18.9 Å². The van der Waals surface area contributed by atoms with E-state index < -0.39 is 101 Å². The Balaban J connectivity index is 0.000000163. The standard InChI is InChI=1S/2C57H42N2/c2*1-57(2)53-22-11-9-20-49(53)50-34-33-48(38-54(50)57)58(47-19-13-18-43(36-47)40-16-7-4-8-17-40)45-29-26-42(27-30-45)44-28-35-56-52(37-44)51-21-10-12-23-55(51)59(56)46-31-24-41(25-32-46)39-14-5-3-6-15-39/h2*3-38H,1-2H3/i4D,7D,8D,13D,16D,17D,18D,19D,26D,27D,29D,30D,36D;26D,27D,29D,30D. The van der Waals surface area contributed by atoms with Crippen LogP contribution in [0.1, 0.15) is 73.3 Å². The molecule has 2 aromatic heterocycles. The van der Waals surface area contributed by atoms with Crippen molar-refractivity contribution in [1.82, 2.24) is 9.13 Å². The average molecular weight is 1530 g/mol. The highest BCUT2D eigenvalue weighted by Crippen LogP contribution is 2.54. The lowest BCUT2D eigenvalue weighted by atomic mass is 9.82. The second-order valence-electron chi connectivity index (χ2n) is 31.1. The first-order valence-electron chi connectivity index (χ1n) is 48.1. The van der Waals surface area contributed by atoms with Crippen LogP contribution in [0.4, 0.5) is 34.1 Å². The minimum absolute atomic E-state index is 0.00452. The van der Waals surface area contributed by atoms with Crippen LogP contribution in [-0.2, 0) is 10.8 Å². The number of para-hydroxylation sites is 2. The summed E-state index contributed by atoms with van der Waals surface area (Å²) < 4.78 is 162. The molecule has 0 N–H and O–H groups in total. The lowest BCUT2D eigenvalue weighted by Gasteiger charge is -2.28. The Morgan fingerprint density at radius 2 is 0.568 bits per heavy atom. The summed E-state index contributed by atoms with van der Waals surface area (Å²) in [5.41, 5.74) is 21.3. The number of nitrogens with zero attached hydrogens (tertiary/aromatic N) is 4. The fraction of sp³-hybridized carbons (Fsp3) is 0.0526. The van der Waals surface area contributed by atoms with Gasteiger partial charge in [-0.25, -0.2) is 0 Å². The Hall–Kier alpha value is -14.8. The van der Waals surface area contributed by atoms with Gasteiger partial charge >= 0.3 is 0 Å². The molecule has 20 aromatic rings. The van der Waals surface area contributed by atoms with Crippen LogP contribution in [0, 0.1) is 0 Å². The van der Waals surface area contributed by atoms with Crippen molar-refractivity contribution in [2.45, 2.75) is 38.5 Å². The zero-order valence-corrected chi connectivity index (χ0v) is 65.0. The van der Waals surface area contributed by atoms with Crippen LogP contribution in [0.3, 0.4) is 0 Å². The predicted octanol–water partition coefficient (Wildman–Crippen LogP) is 31.1. The van der Waals surface area contributed by atoms with Gasteiger partial charge in [-0.3, -0.25) is 0 Å². The van der Waals surface area contributed by atoms with Gasteiger partial charge in [0, 0.05) is 77.9 Å². The summed E-state index contributed by atoms with van der Waals surface area (Å²) in [7, 11) is 0. The number of anilines is 6. The maximum Gasteiger partial charge on any atom is 0.0651 e. The molecular weight excluding hydrogens is 1430 g/mol. The van der Waals surface area contributed by atoms with E-state index in [4.69, 9.17) is 9.60 Å². The highest BCUT2D eigenvalue weighted by Gasteiger charge is 2.38.